The van der Waals surface area contributed by atoms with Crippen LogP contribution in [0.15, 0.2) is 36.8 Å². The van der Waals surface area contributed by atoms with Crippen molar-refractivity contribution >= 4 is 5.91 Å². The van der Waals surface area contributed by atoms with Crippen LogP contribution in [0.3, 0.4) is 0 Å². The molecule has 24 heavy (non-hydrogen) atoms. The molecule has 1 aliphatic carbocycles. The minimum Gasteiger partial charge on any atom is -0.349 e. The summed E-state index contributed by atoms with van der Waals surface area (Å²) < 4.78 is 1.66. The molecule has 1 saturated heterocycles. The van der Waals surface area contributed by atoms with Crippen LogP contribution in [0.5, 0.6) is 0 Å². The summed E-state index contributed by atoms with van der Waals surface area (Å²) in [7, 11) is 1.82. The fourth-order valence-electron chi connectivity index (χ4n) is 4.11. The highest BCUT2D eigenvalue weighted by Crippen LogP contribution is 2.48. The third kappa shape index (κ3) is 3.06. The van der Waals surface area contributed by atoms with Crippen molar-refractivity contribution in [2.45, 2.75) is 31.8 Å². The number of aromatic nitrogens is 3. The average Bonchev–Trinajstić information content (AvgIpc) is 3.15. The van der Waals surface area contributed by atoms with Gasteiger partial charge in [0.1, 0.15) is 0 Å². The van der Waals surface area contributed by atoms with Crippen LogP contribution in [0.4, 0.5) is 0 Å². The molecule has 2 fully saturated rings. The zero-order chi connectivity index (χ0) is 16.6. The number of nitrogens with zero attached hydrogens (tertiary/aromatic N) is 4. The van der Waals surface area contributed by atoms with Gasteiger partial charge in [-0.25, -0.2) is 0 Å². The van der Waals surface area contributed by atoms with E-state index in [2.05, 4.69) is 26.4 Å². The molecule has 2 aliphatic rings. The molecule has 0 bridgehead atoms. The number of carbonyl (C=O) groups excluding carboxylic acids is 1. The number of amides is 1. The van der Waals surface area contributed by atoms with Gasteiger partial charge >= 0.3 is 0 Å². The first-order chi connectivity index (χ1) is 11.6. The molecule has 4 rings (SSSR count). The molecule has 0 aromatic carbocycles. The molecule has 2 aromatic heterocycles. The highest BCUT2D eigenvalue weighted by Gasteiger charge is 2.48. The number of rotatable bonds is 4. The Balaban J connectivity index is 1.27. The van der Waals surface area contributed by atoms with E-state index in [9.17, 15) is 4.79 Å². The molecule has 1 saturated carbocycles. The van der Waals surface area contributed by atoms with Gasteiger partial charge in [0.2, 0.25) is 0 Å². The molecule has 2 aromatic rings. The molecular formula is C18H23N5O. The summed E-state index contributed by atoms with van der Waals surface area (Å²) in [4.78, 5) is 19.1. The van der Waals surface area contributed by atoms with Gasteiger partial charge in [0.15, 0.2) is 0 Å². The van der Waals surface area contributed by atoms with Crippen molar-refractivity contribution in [2.24, 2.45) is 12.5 Å². The fraction of sp³-hybridized carbons (Fsp3) is 0.500. The lowest BCUT2D eigenvalue weighted by Crippen LogP contribution is -2.51. The molecule has 6 nitrogen and oxygen atoms in total. The lowest BCUT2D eigenvalue weighted by atomic mass is 9.65. The second-order valence-corrected chi connectivity index (χ2v) is 7.26. The predicted molar refractivity (Wildman–Crippen MR) is 90.3 cm³/mol. The van der Waals surface area contributed by atoms with Crippen LogP contribution in [0.1, 0.15) is 35.3 Å². The summed E-state index contributed by atoms with van der Waals surface area (Å²) in [6.07, 6.45) is 8.62. The lowest BCUT2D eigenvalue weighted by Gasteiger charge is -2.45. The third-order valence-corrected chi connectivity index (χ3v) is 5.29. The summed E-state index contributed by atoms with van der Waals surface area (Å²) in [5.41, 5.74) is 2.17. The van der Waals surface area contributed by atoms with Gasteiger partial charge in [-0.05, 0) is 43.4 Å². The van der Waals surface area contributed by atoms with Crippen molar-refractivity contribution in [3.8, 4) is 0 Å². The van der Waals surface area contributed by atoms with Gasteiger partial charge in [0, 0.05) is 38.6 Å². The number of hydrogen-bond donors (Lipinski definition) is 1. The predicted octanol–water partition coefficient (Wildman–Crippen LogP) is 1.60. The second kappa shape index (κ2) is 6.02. The Morgan fingerprint density at radius 2 is 2.29 bits per heavy atom. The molecule has 126 valence electrons. The molecule has 1 aliphatic heterocycles. The first-order valence-corrected chi connectivity index (χ1v) is 8.54. The van der Waals surface area contributed by atoms with Crippen LogP contribution in [0.2, 0.25) is 0 Å². The quantitative estimate of drug-likeness (QED) is 0.927. The standard InChI is InChI=1S/C18H23N5O/c1-22-11-14(10-20-22)17(24)21-16-8-18(9-16)5-7-23(13-18)12-15-4-2-3-6-19-15/h2-4,6,10-11,16H,5,7-9,12-13H2,1H3,(H,21,24). The van der Waals surface area contributed by atoms with Crippen molar-refractivity contribution in [1.29, 1.82) is 0 Å². The molecule has 6 heteroatoms. The first-order valence-electron chi connectivity index (χ1n) is 8.54. The first kappa shape index (κ1) is 15.3. The van der Waals surface area contributed by atoms with Gasteiger partial charge in [0.25, 0.3) is 5.91 Å². The number of carbonyl (C=O) groups is 1. The van der Waals surface area contributed by atoms with Crippen molar-refractivity contribution in [3.63, 3.8) is 0 Å². The minimum absolute atomic E-state index is 0.00807. The maximum atomic E-state index is 12.2. The largest absolute Gasteiger partial charge is 0.349 e. The van der Waals surface area contributed by atoms with E-state index in [0.717, 1.165) is 38.2 Å². The van der Waals surface area contributed by atoms with E-state index in [-0.39, 0.29) is 5.91 Å². The zero-order valence-corrected chi connectivity index (χ0v) is 14.0. The zero-order valence-electron chi connectivity index (χ0n) is 14.0. The highest BCUT2D eigenvalue weighted by molar-refractivity contribution is 5.93. The van der Waals surface area contributed by atoms with E-state index in [0.29, 0.717) is 17.0 Å². The number of likely N-dealkylation sites (tertiary alicyclic amines) is 1. The van der Waals surface area contributed by atoms with Crippen LogP contribution in [0, 0.1) is 5.41 Å². The van der Waals surface area contributed by atoms with Gasteiger partial charge in [-0.3, -0.25) is 19.4 Å². The van der Waals surface area contributed by atoms with Gasteiger partial charge in [-0.1, -0.05) is 6.07 Å². The summed E-state index contributed by atoms with van der Waals surface area (Å²) in [5.74, 6) is -0.00807. The Morgan fingerprint density at radius 3 is 3.00 bits per heavy atom. The number of pyridine rings is 1. The van der Waals surface area contributed by atoms with Crippen LogP contribution in [0.25, 0.3) is 0 Å². The van der Waals surface area contributed by atoms with Gasteiger partial charge in [-0.15, -0.1) is 0 Å². The Morgan fingerprint density at radius 1 is 1.42 bits per heavy atom. The Hall–Kier alpha value is -2.21. The molecule has 1 N–H and O–H groups in total. The smallest absolute Gasteiger partial charge is 0.254 e. The second-order valence-electron chi connectivity index (χ2n) is 7.26. The van der Waals surface area contributed by atoms with E-state index in [1.807, 2.05) is 25.4 Å². The summed E-state index contributed by atoms with van der Waals surface area (Å²) >= 11 is 0. The van der Waals surface area contributed by atoms with Crippen LogP contribution in [-0.4, -0.2) is 44.7 Å². The number of nitrogens with one attached hydrogen (secondary N) is 1. The van der Waals surface area contributed by atoms with E-state index >= 15 is 0 Å². The average molecular weight is 325 g/mol. The minimum atomic E-state index is -0.00807. The van der Waals surface area contributed by atoms with Crippen molar-refractivity contribution in [1.82, 2.24) is 25.0 Å². The Bertz CT molecular complexity index is 720. The number of hydrogen-bond acceptors (Lipinski definition) is 4. The molecule has 1 amide bonds. The van der Waals surface area contributed by atoms with Gasteiger partial charge in [0.05, 0.1) is 17.5 Å². The van der Waals surface area contributed by atoms with Crippen molar-refractivity contribution < 1.29 is 4.79 Å². The van der Waals surface area contributed by atoms with E-state index in [1.165, 1.54) is 6.42 Å². The maximum Gasteiger partial charge on any atom is 0.254 e. The highest BCUT2D eigenvalue weighted by atomic mass is 16.1. The molecule has 1 spiro atoms. The summed E-state index contributed by atoms with van der Waals surface area (Å²) in [6.45, 7) is 3.16. The molecule has 3 heterocycles. The molecule has 0 radical (unpaired) electrons. The summed E-state index contributed by atoms with van der Waals surface area (Å²) in [6, 6.07) is 6.38. The lowest BCUT2D eigenvalue weighted by molar-refractivity contribution is 0.0693. The van der Waals surface area contributed by atoms with Gasteiger partial charge < -0.3 is 5.32 Å². The Labute approximate surface area is 141 Å². The maximum absolute atomic E-state index is 12.2. The van der Waals surface area contributed by atoms with Crippen LogP contribution >= 0.6 is 0 Å². The number of aryl methyl sites for hydroxylation is 1. The van der Waals surface area contributed by atoms with Crippen LogP contribution in [-0.2, 0) is 13.6 Å². The van der Waals surface area contributed by atoms with E-state index < -0.39 is 0 Å². The normalized spacial score (nSPS) is 26.5. The van der Waals surface area contributed by atoms with Gasteiger partial charge in [-0.2, -0.15) is 5.10 Å². The third-order valence-electron chi connectivity index (χ3n) is 5.29. The fourth-order valence-corrected chi connectivity index (χ4v) is 4.11. The summed E-state index contributed by atoms with van der Waals surface area (Å²) in [5, 5.41) is 7.19. The topological polar surface area (TPSA) is 63.1 Å². The molecular weight excluding hydrogens is 302 g/mol. The van der Waals surface area contributed by atoms with Crippen molar-refractivity contribution in [2.75, 3.05) is 13.1 Å². The van der Waals surface area contributed by atoms with Crippen LogP contribution < -0.4 is 5.32 Å². The molecule has 0 atom stereocenters. The van der Waals surface area contributed by atoms with Crippen molar-refractivity contribution in [3.05, 3.63) is 48.0 Å². The SMILES string of the molecule is Cn1cc(C(=O)NC2CC3(CCN(Cc4ccccn4)C3)C2)cn1. The van der Waals surface area contributed by atoms with E-state index in [4.69, 9.17) is 0 Å². The molecule has 0 unspecified atom stereocenters. The van der Waals surface area contributed by atoms with E-state index in [1.54, 1.807) is 17.1 Å². The Kier molecular flexibility index (Phi) is 3.84. The monoisotopic (exact) mass is 325 g/mol.